The molecule has 29 heavy (non-hydrogen) atoms. The van der Waals surface area contributed by atoms with E-state index < -0.39 is 0 Å². The van der Waals surface area contributed by atoms with Gasteiger partial charge in [0, 0.05) is 38.4 Å². The second-order valence-electron chi connectivity index (χ2n) is 7.03. The molecule has 0 spiro atoms. The smallest absolute Gasteiger partial charge is 0.265 e. The van der Waals surface area contributed by atoms with Gasteiger partial charge in [-0.15, -0.1) is 11.3 Å². The van der Waals surface area contributed by atoms with Gasteiger partial charge in [-0.25, -0.2) is 19.9 Å². The number of piperazine rings is 1. The molecule has 3 aromatic rings. The molecule has 3 aromatic heterocycles. The summed E-state index contributed by atoms with van der Waals surface area (Å²) < 4.78 is 0. The van der Waals surface area contributed by atoms with E-state index in [9.17, 15) is 4.79 Å². The number of anilines is 3. The standard InChI is InChI=1S/C20H23N7OS/c1-13-4-5-21-16(10-13)25-17-11-18(23-12-22-17)26-6-8-27(9-7-26)20(28)19-14(2)24-15(3)29-19/h4-5,10-12H,6-9H2,1-3H3,(H,21,22,23,25). The predicted octanol–water partition coefficient (Wildman–Crippen LogP) is 2.96. The first-order chi connectivity index (χ1) is 14.0. The Morgan fingerprint density at radius 2 is 1.79 bits per heavy atom. The number of carbonyl (C=O) groups excluding carboxylic acids is 1. The highest BCUT2D eigenvalue weighted by Crippen LogP contribution is 2.22. The Hall–Kier alpha value is -3.07. The minimum Gasteiger partial charge on any atom is -0.353 e. The van der Waals surface area contributed by atoms with Gasteiger partial charge in [-0.1, -0.05) is 0 Å². The number of thiazole rings is 1. The van der Waals surface area contributed by atoms with E-state index in [1.807, 2.05) is 43.9 Å². The van der Waals surface area contributed by atoms with Gasteiger partial charge in [-0.2, -0.15) is 0 Å². The minimum absolute atomic E-state index is 0.0725. The van der Waals surface area contributed by atoms with Crippen molar-refractivity contribution in [2.45, 2.75) is 20.8 Å². The summed E-state index contributed by atoms with van der Waals surface area (Å²) in [5.41, 5.74) is 1.94. The summed E-state index contributed by atoms with van der Waals surface area (Å²) in [5, 5.41) is 4.15. The molecule has 1 aliphatic heterocycles. The molecule has 0 aliphatic carbocycles. The van der Waals surface area contributed by atoms with Crippen molar-refractivity contribution < 1.29 is 4.79 Å². The lowest BCUT2D eigenvalue weighted by Crippen LogP contribution is -2.49. The van der Waals surface area contributed by atoms with Gasteiger partial charge in [-0.3, -0.25) is 4.79 Å². The fourth-order valence-corrected chi connectivity index (χ4v) is 4.22. The third-order valence-corrected chi connectivity index (χ3v) is 5.87. The van der Waals surface area contributed by atoms with E-state index in [1.165, 1.54) is 11.3 Å². The van der Waals surface area contributed by atoms with Crippen molar-refractivity contribution in [3.63, 3.8) is 0 Å². The molecule has 1 amide bonds. The number of hydrogen-bond acceptors (Lipinski definition) is 8. The van der Waals surface area contributed by atoms with Crippen LogP contribution in [0.15, 0.2) is 30.7 Å². The third kappa shape index (κ3) is 4.34. The minimum atomic E-state index is 0.0725. The molecule has 0 radical (unpaired) electrons. The van der Waals surface area contributed by atoms with E-state index in [4.69, 9.17) is 0 Å². The van der Waals surface area contributed by atoms with Crippen molar-refractivity contribution >= 4 is 34.7 Å². The second-order valence-corrected chi connectivity index (χ2v) is 8.23. The van der Waals surface area contributed by atoms with Gasteiger partial charge in [0.2, 0.25) is 0 Å². The molecular formula is C20H23N7OS. The van der Waals surface area contributed by atoms with E-state index in [1.54, 1.807) is 12.5 Å². The number of pyridine rings is 1. The number of hydrogen-bond donors (Lipinski definition) is 1. The molecule has 4 heterocycles. The first-order valence-electron chi connectivity index (χ1n) is 9.49. The monoisotopic (exact) mass is 409 g/mol. The van der Waals surface area contributed by atoms with Crippen molar-refractivity contribution in [1.82, 2.24) is 24.8 Å². The fourth-order valence-electron chi connectivity index (χ4n) is 3.34. The molecule has 1 saturated heterocycles. The molecule has 0 unspecified atom stereocenters. The number of nitrogens with zero attached hydrogens (tertiary/aromatic N) is 6. The average Bonchev–Trinajstić information content (AvgIpc) is 3.06. The van der Waals surface area contributed by atoms with Crippen molar-refractivity contribution in [2.24, 2.45) is 0 Å². The highest BCUT2D eigenvalue weighted by Gasteiger charge is 2.25. The van der Waals surface area contributed by atoms with Crippen LogP contribution in [0.2, 0.25) is 0 Å². The Bertz CT molecular complexity index is 1030. The van der Waals surface area contributed by atoms with Crippen LogP contribution in [0, 0.1) is 20.8 Å². The summed E-state index contributed by atoms with van der Waals surface area (Å²) in [5.74, 6) is 2.36. The normalized spacial score (nSPS) is 14.2. The van der Waals surface area contributed by atoms with E-state index in [-0.39, 0.29) is 5.91 Å². The average molecular weight is 410 g/mol. The van der Waals surface area contributed by atoms with Gasteiger partial charge in [0.15, 0.2) is 0 Å². The van der Waals surface area contributed by atoms with E-state index in [0.29, 0.717) is 18.9 Å². The number of carbonyl (C=O) groups is 1. The van der Waals surface area contributed by atoms with Crippen LogP contribution >= 0.6 is 11.3 Å². The van der Waals surface area contributed by atoms with Gasteiger partial charge >= 0.3 is 0 Å². The lowest BCUT2D eigenvalue weighted by Gasteiger charge is -2.35. The molecule has 0 saturated carbocycles. The zero-order valence-electron chi connectivity index (χ0n) is 16.7. The molecule has 1 N–H and O–H groups in total. The molecule has 0 aromatic carbocycles. The van der Waals surface area contributed by atoms with Crippen molar-refractivity contribution in [2.75, 3.05) is 36.4 Å². The lowest BCUT2D eigenvalue weighted by atomic mass is 10.2. The highest BCUT2D eigenvalue weighted by molar-refractivity contribution is 7.13. The molecule has 0 atom stereocenters. The van der Waals surface area contributed by atoms with E-state index >= 15 is 0 Å². The Morgan fingerprint density at radius 1 is 1.03 bits per heavy atom. The van der Waals surface area contributed by atoms with Crippen LogP contribution in [0.3, 0.4) is 0 Å². The first kappa shape index (κ1) is 19.3. The summed E-state index contributed by atoms with van der Waals surface area (Å²) in [7, 11) is 0. The van der Waals surface area contributed by atoms with Crippen LogP contribution < -0.4 is 10.2 Å². The van der Waals surface area contributed by atoms with E-state index in [2.05, 4.69) is 30.2 Å². The van der Waals surface area contributed by atoms with Crippen LogP contribution in [0.1, 0.15) is 25.9 Å². The van der Waals surface area contributed by atoms with Crippen LogP contribution in [-0.2, 0) is 0 Å². The molecular weight excluding hydrogens is 386 g/mol. The Morgan fingerprint density at radius 3 is 2.48 bits per heavy atom. The quantitative estimate of drug-likeness (QED) is 0.709. The third-order valence-electron chi connectivity index (χ3n) is 4.81. The molecule has 1 aliphatic rings. The zero-order valence-corrected chi connectivity index (χ0v) is 17.5. The highest BCUT2D eigenvalue weighted by atomic mass is 32.1. The summed E-state index contributed by atoms with van der Waals surface area (Å²) in [6.45, 7) is 8.60. The maximum Gasteiger partial charge on any atom is 0.265 e. The number of amides is 1. The topological polar surface area (TPSA) is 87.1 Å². The van der Waals surface area contributed by atoms with Crippen molar-refractivity contribution in [3.8, 4) is 0 Å². The lowest BCUT2D eigenvalue weighted by molar-refractivity contribution is 0.0750. The van der Waals surface area contributed by atoms with Crippen molar-refractivity contribution in [1.29, 1.82) is 0 Å². The summed E-state index contributed by atoms with van der Waals surface area (Å²) in [4.78, 5) is 35.0. The van der Waals surface area contributed by atoms with Gasteiger partial charge in [-0.05, 0) is 38.5 Å². The predicted molar refractivity (Wildman–Crippen MR) is 114 cm³/mol. The van der Waals surface area contributed by atoms with Crippen LogP contribution in [-0.4, -0.2) is 56.9 Å². The fraction of sp³-hybridized carbons (Fsp3) is 0.350. The van der Waals surface area contributed by atoms with Gasteiger partial charge in [0.1, 0.15) is 28.7 Å². The Kier molecular flexibility index (Phi) is 5.39. The number of aromatic nitrogens is 4. The van der Waals surface area contributed by atoms with E-state index in [0.717, 1.165) is 45.9 Å². The van der Waals surface area contributed by atoms with Gasteiger partial charge in [0.05, 0.1) is 10.7 Å². The maximum atomic E-state index is 12.8. The first-order valence-corrected chi connectivity index (χ1v) is 10.3. The summed E-state index contributed by atoms with van der Waals surface area (Å²) in [6.07, 6.45) is 3.32. The van der Waals surface area contributed by atoms with Gasteiger partial charge in [0.25, 0.3) is 5.91 Å². The molecule has 4 rings (SSSR count). The number of aryl methyl sites for hydroxylation is 3. The van der Waals surface area contributed by atoms with Crippen molar-refractivity contribution in [3.05, 3.63) is 51.9 Å². The maximum absolute atomic E-state index is 12.8. The molecule has 0 bridgehead atoms. The molecule has 150 valence electrons. The van der Waals surface area contributed by atoms with Crippen LogP contribution in [0.5, 0.6) is 0 Å². The summed E-state index contributed by atoms with van der Waals surface area (Å²) >= 11 is 1.47. The second kappa shape index (κ2) is 8.12. The number of rotatable bonds is 4. The van der Waals surface area contributed by atoms with Crippen LogP contribution in [0.4, 0.5) is 17.5 Å². The molecule has 9 heteroatoms. The van der Waals surface area contributed by atoms with Crippen LogP contribution in [0.25, 0.3) is 0 Å². The molecule has 8 nitrogen and oxygen atoms in total. The van der Waals surface area contributed by atoms with Gasteiger partial charge < -0.3 is 15.1 Å². The SMILES string of the molecule is Cc1ccnc(Nc2cc(N3CCN(C(=O)c4sc(C)nc4C)CC3)ncn2)c1. The number of nitrogens with one attached hydrogen (secondary N) is 1. The Balaban J connectivity index is 1.41. The largest absolute Gasteiger partial charge is 0.353 e. The zero-order chi connectivity index (χ0) is 20.4. The summed E-state index contributed by atoms with van der Waals surface area (Å²) in [6, 6.07) is 5.83. The molecule has 1 fully saturated rings. The Labute approximate surface area is 173 Å².